The summed E-state index contributed by atoms with van der Waals surface area (Å²) in [5.74, 6) is 0. The van der Waals surface area contributed by atoms with Crippen LogP contribution in [-0.2, 0) is 0 Å². The molecule has 1 N–H and O–H groups in total. The van der Waals surface area contributed by atoms with Crippen LogP contribution in [0.25, 0.3) is 0 Å². The smallest absolute Gasteiger partial charge is 0.0567 e. The molecule has 1 aliphatic heterocycles. The molecular formula is C10H21NO. The SMILES string of the molecule is C[C@@H]1C[C@@H](O)CCN1C(C)(C)C. The first-order valence-corrected chi connectivity index (χ1v) is 4.86. The molecule has 1 aliphatic rings. The molecule has 0 amide bonds. The molecule has 12 heavy (non-hydrogen) atoms. The van der Waals surface area contributed by atoms with Crippen molar-refractivity contribution in [2.24, 2.45) is 0 Å². The van der Waals surface area contributed by atoms with Gasteiger partial charge >= 0.3 is 0 Å². The molecule has 2 nitrogen and oxygen atoms in total. The highest BCUT2D eigenvalue weighted by atomic mass is 16.3. The van der Waals surface area contributed by atoms with Gasteiger partial charge in [-0.3, -0.25) is 4.90 Å². The van der Waals surface area contributed by atoms with Gasteiger partial charge in [-0.2, -0.15) is 0 Å². The van der Waals surface area contributed by atoms with Gasteiger partial charge in [-0.1, -0.05) is 0 Å². The second kappa shape index (κ2) is 3.35. The number of rotatable bonds is 0. The Bertz CT molecular complexity index is 150. The van der Waals surface area contributed by atoms with Gasteiger partial charge in [0.25, 0.3) is 0 Å². The first-order valence-electron chi connectivity index (χ1n) is 4.86. The van der Waals surface area contributed by atoms with Gasteiger partial charge in [0.1, 0.15) is 0 Å². The summed E-state index contributed by atoms with van der Waals surface area (Å²) in [6, 6.07) is 0.522. The van der Waals surface area contributed by atoms with Crippen LogP contribution in [0.3, 0.4) is 0 Å². The topological polar surface area (TPSA) is 23.5 Å². The zero-order valence-electron chi connectivity index (χ0n) is 8.67. The molecule has 0 bridgehead atoms. The van der Waals surface area contributed by atoms with Crippen molar-refractivity contribution in [3.8, 4) is 0 Å². The van der Waals surface area contributed by atoms with Crippen molar-refractivity contribution < 1.29 is 5.11 Å². The summed E-state index contributed by atoms with van der Waals surface area (Å²) < 4.78 is 0. The highest BCUT2D eigenvalue weighted by molar-refractivity contribution is 4.86. The average Bonchev–Trinajstić information content (AvgIpc) is 1.83. The maximum absolute atomic E-state index is 9.44. The van der Waals surface area contributed by atoms with Gasteiger partial charge in [-0.05, 0) is 40.5 Å². The van der Waals surface area contributed by atoms with E-state index in [0.717, 1.165) is 19.4 Å². The lowest BCUT2D eigenvalue weighted by Crippen LogP contribution is -2.52. The third kappa shape index (κ3) is 2.20. The minimum Gasteiger partial charge on any atom is -0.393 e. The Labute approximate surface area is 75.6 Å². The molecule has 1 heterocycles. The fourth-order valence-corrected chi connectivity index (χ4v) is 2.14. The number of piperidine rings is 1. The van der Waals surface area contributed by atoms with E-state index in [9.17, 15) is 5.11 Å². The molecule has 1 rings (SSSR count). The summed E-state index contributed by atoms with van der Waals surface area (Å²) >= 11 is 0. The molecular weight excluding hydrogens is 150 g/mol. The van der Waals surface area contributed by atoms with Gasteiger partial charge in [0.05, 0.1) is 6.10 Å². The van der Waals surface area contributed by atoms with Crippen molar-refractivity contribution in [3.05, 3.63) is 0 Å². The molecule has 2 heteroatoms. The molecule has 2 atom stereocenters. The van der Waals surface area contributed by atoms with Gasteiger partial charge in [-0.15, -0.1) is 0 Å². The van der Waals surface area contributed by atoms with E-state index in [0.29, 0.717) is 6.04 Å². The summed E-state index contributed by atoms with van der Waals surface area (Å²) in [5.41, 5.74) is 0.250. The maximum Gasteiger partial charge on any atom is 0.0567 e. The summed E-state index contributed by atoms with van der Waals surface area (Å²) in [6.45, 7) is 9.95. The van der Waals surface area contributed by atoms with Crippen molar-refractivity contribution >= 4 is 0 Å². The number of hydrogen-bond acceptors (Lipinski definition) is 2. The van der Waals surface area contributed by atoms with E-state index in [2.05, 4.69) is 32.6 Å². The number of aliphatic hydroxyl groups is 1. The molecule has 0 radical (unpaired) electrons. The highest BCUT2D eigenvalue weighted by Gasteiger charge is 2.31. The predicted octanol–water partition coefficient (Wildman–Crippen LogP) is 1.63. The van der Waals surface area contributed by atoms with Gasteiger partial charge in [0.15, 0.2) is 0 Å². The van der Waals surface area contributed by atoms with E-state index in [-0.39, 0.29) is 11.6 Å². The Kier molecular flexibility index (Phi) is 2.79. The Balaban J connectivity index is 2.57. The predicted molar refractivity (Wildman–Crippen MR) is 51.2 cm³/mol. The molecule has 0 aromatic rings. The van der Waals surface area contributed by atoms with Gasteiger partial charge < -0.3 is 5.11 Å². The van der Waals surface area contributed by atoms with E-state index in [4.69, 9.17) is 0 Å². The molecule has 0 aromatic carbocycles. The van der Waals surface area contributed by atoms with Crippen LogP contribution in [-0.4, -0.2) is 34.2 Å². The van der Waals surface area contributed by atoms with Crippen LogP contribution in [0.5, 0.6) is 0 Å². The second-order valence-electron chi connectivity index (χ2n) is 4.89. The molecule has 72 valence electrons. The van der Waals surface area contributed by atoms with Crippen LogP contribution in [0.15, 0.2) is 0 Å². The van der Waals surface area contributed by atoms with Gasteiger partial charge in [-0.25, -0.2) is 0 Å². The minimum atomic E-state index is -0.0707. The molecule has 0 spiro atoms. The maximum atomic E-state index is 9.44. The summed E-state index contributed by atoms with van der Waals surface area (Å²) in [4.78, 5) is 2.47. The Morgan fingerprint density at radius 1 is 1.33 bits per heavy atom. The van der Waals surface area contributed by atoms with Crippen LogP contribution in [0.1, 0.15) is 40.5 Å². The van der Waals surface area contributed by atoms with E-state index in [1.165, 1.54) is 0 Å². The highest BCUT2D eigenvalue weighted by Crippen LogP contribution is 2.25. The first kappa shape index (κ1) is 10.0. The van der Waals surface area contributed by atoms with Crippen molar-refractivity contribution in [1.29, 1.82) is 0 Å². The fraction of sp³-hybridized carbons (Fsp3) is 1.00. The molecule has 1 fully saturated rings. The van der Waals surface area contributed by atoms with Crippen molar-refractivity contribution in [2.75, 3.05) is 6.54 Å². The van der Waals surface area contributed by atoms with E-state index in [1.54, 1.807) is 0 Å². The second-order valence-corrected chi connectivity index (χ2v) is 4.89. The summed E-state index contributed by atoms with van der Waals surface area (Å²) in [7, 11) is 0. The fourth-order valence-electron chi connectivity index (χ4n) is 2.14. The van der Waals surface area contributed by atoms with Crippen LogP contribution in [0.2, 0.25) is 0 Å². The van der Waals surface area contributed by atoms with Crippen LogP contribution < -0.4 is 0 Å². The van der Waals surface area contributed by atoms with E-state index < -0.39 is 0 Å². The Morgan fingerprint density at radius 3 is 2.33 bits per heavy atom. The lowest BCUT2D eigenvalue weighted by atomic mass is 9.94. The number of hydrogen-bond donors (Lipinski definition) is 1. The summed E-state index contributed by atoms with van der Waals surface area (Å²) in [5, 5.41) is 9.44. The van der Waals surface area contributed by atoms with Gasteiger partial charge in [0, 0.05) is 18.1 Å². The third-order valence-corrected chi connectivity index (χ3v) is 2.71. The zero-order chi connectivity index (χ0) is 9.35. The number of aliphatic hydroxyl groups excluding tert-OH is 1. The van der Waals surface area contributed by atoms with Crippen LogP contribution in [0.4, 0.5) is 0 Å². The minimum absolute atomic E-state index is 0.0707. The Hall–Kier alpha value is -0.0800. The average molecular weight is 171 g/mol. The lowest BCUT2D eigenvalue weighted by molar-refractivity contribution is 0.000143. The number of nitrogens with zero attached hydrogens (tertiary/aromatic N) is 1. The van der Waals surface area contributed by atoms with Crippen molar-refractivity contribution in [2.45, 2.75) is 58.2 Å². The normalized spacial score (nSPS) is 33.8. The molecule has 0 saturated carbocycles. The standard InChI is InChI=1S/C10H21NO/c1-8-7-9(12)5-6-11(8)10(2,3)4/h8-9,12H,5-7H2,1-4H3/t8-,9+/m1/s1. The van der Waals surface area contributed by atoms with Gasteiger partial charge in [0.2, 0.25) is 0 Å². The van der Waals surface area contributed by atoms with Crippen molar-refractivity contribution in [1.82, 2.24) is 4.90 Å². The quantitative estimate of drug-likeness (QED) is 0.599. The van der Waals surface area contributed by atoms with E-state index in [1.807, 2.05) is 0 Å². The molecule has 0 aliphatic carbocycles. The number of likely N-dealkylation sites (tertiary alicyclic amines) is 1. The molecule has 1 saturated heterocycles. The third-order valence-electron chi connectivity index (χ3n) is 2.71. The van der Waals surface area contributed by atoms with Crippen molar-refractivity contribution in [3.63, 3.8) is 0 Å². The van der Waals surface area contributed by atoms with Crippen LogP contribution >= 0.6 is 0 Å². The lowest BCUT2D eigenvalue weighted by Gasteiger charge is -2.44. The molecule has 0 unspecified atom stereocenters. The van der Waals surface area contributed by atoms with Crippen LogP contribution in [0, 0.1) is 0 Å². The Morgan fingerprint density at radius 2 is 1.92 bits per heavy atom. The zero-order valence-corrected chi connectivity index (χ0v) is 8.67. The summed E-state index contributed by atoms with van der Waals surface area (Å²) in [6.07, 6.45) is 1.79. The first-order chi connectivity index (χ1) is 5.41. The molecule has 0 aromatic heterocycles. The largest absolute Gasteiger partial charge is 0.393 e. The van der Waals surface area contributed by atoms with E-state index >= 15 is 0 Å². The monoisotopic (exact) mass is 171 g/mol.